The van der Waals surface area contributed by atoms with Crippen molar-refractivity contribution >= 4 is 23.2 Å². The topological polar surface area (TPSA) is 83.8 Å². The van der Waals surface area contributed by atoms with Crippen LogP contribution in [-0.2, 0) is 6.54 Å². The van der Waals surface area contributed by atoms with Crippen LogP contribution in [-0.4, -0.2) is 16.1 Å². The van der Waals surface area contributed by atoms with Crippen LogP contribution in [0.25, 0.3) is 0 Å². The van der Waals surface area contributed by atoms with Gasteiger partial charge in [0.2, 0.25) is 0 Å². The molecule has 0 fully saturated rings. The van der Waals surface area contributed by atoms with Crippen molar-refractivity contribution < 1.29 is 4.79 Å². The molecule has 6 heteroatoms. The zero-order valence-electron chi connectivity index (χ0n) is 8.90. The average molecular weight is 251 g/mol. The highest BCUT2D eigenvalue weighted by Crippen LogP contribution is 2.14. The lowest BCUT2D eigenvalue weighted by Crippen LogP contribution is -2.24. The van der Waals surface area contributed by atoms with Crippen molar-refractivity contribution in [1.29, 1.82) is 0 Å². The van der Waals surface area contributed by atoms with Gasteiger partial charge in [-0.25, -0.2) is 0 Å². The molecule has 2 aromatic rings. The SMILES string of the molecule is Nc1cn[nH]c1C(=O)NCc1ccccc1Cl. The third-order valence-electron chi connectivity index (χ3n) is 2.29. The van der Waals surface area contributed by atoms with E-state index in [0.29, 0.717) is 17.3 Å². The average Bonchev–Trinajstić information content (AvgIpc) is 2.74. The quantitative estimate of drug-likeness (QED) is 0.773. The number of H-pyrrole nitrogens is 1. The summed E-state index contributed by atoms with van der Waals surface area (Å²) in [6.45, 7) is 0.344. The first-order chi connectivity index (χ1) is 8.18. The number of nitrogen functional groups attached to an aromatic ring is 1. The fourth-order valence-corrected chi connectivity index (χ4v) is 1.59. The molecule has 88 valence electrons. The molecule has 0 spiro atoms. The minimum absolute atomic E-state index is 0.261. The van der Waals surface area contributed by atoms with Crippen molar-refractivity contribution in [3.05, 3.63) is 46.7 Å². The van der Waals surface area contributed by atoms with Gasteiger partial charge in [-0.05, 0) is 11.6 Å². The van der Waals surface area contributed by atoms with Gasteiger partial charge in [-0.1, -0.05) is 29.8 Å². The number of nitrogens with one attached hydrogen (secondary N) is 2. The number of aromatic nitrogens is 2. The van der Waals surface area contributed by atoms with Gasteiger partial charge in [0.05, 0.1) is 11.9 Å². The Hall–Kier alpha value is -2.01. The number of carbonyl (C=O) groups is 1. The van der Waals surface area contributed by atoms with E-state index in [2.05, 4.69) is 15.5 Å². The van der Waals surface area contributed by atoms with Gasteiger partial charge in [0.1, 0.15) is 5.69 Å². The number of hydrogen-bond donors (Lipinski definition) is 3. The summed E-state index contributed by atoms with van der Waals surface area (Å²) in [5, 5.41) is 9.54. The van der Waals surface area contributed by atoms with Crippen molar-refractivity contribution in [1.82, 2.24) is 15.5 Å². The number of amides is 1. The normalized spacial score (nSPS) is 10.2. The predicted molar refractivity (Wildman–Crippen MR) is 65.6 cm³/mol. The molecule has 0 bridgehead atoms. The van der Waals surface area contributed by atoms with E-state index in [1.54, 1.807) is 6.07 Å². The number of rotatable bonds is 3. The number of nitrogens with two attached hydrogens (primary N) is 1. The first-order valence-electron chi connectivity index (χ1n) is 4.99. The Morgan fingerprint density at radius 1 is 1.47 bits per heavy atom. The van der Waals surface area contributed by atoms with Crippen LogP contribution in [0.15, 0.2) is 30.5 Å². The number of benzene rings is 1. The summed E-state index contributed by atoms with van der Waals surface area (Å²) in [4.78, 5) is 11.7. The molecule has 0 saturated carbocycles. The lowest BCUT2D eigenvalue weighted by Gasteiger charge is -2.05. The van der Waals surface area contributed by atoms with Gasteiger partial charge < -0.3 is 11.1 Å². The first kappa shape index (κ1) is 11.5. The van der Waals surface area contributed by atoms with Gasteiger partial charge in [0.25, 0.3) is 5.91 Å². The van der Waals surface area contributed by atoms with Gasteiger partial charge >= 0.3 is 0 Å². The minimum Gasteiger partial charge on any atom is -0.396 e. The Bertz CT molecular complexity index is 538. The minimum atomic E-state index is -0.306. The molecule has 0 saturated heterocycles. The maximum atomic E-state index is 11.7. The summed E-state index contributed by atoms with van der Waals surface area (Å²) in [5.74, 6) is -0.306. The largest absolute Gasteiger partial charge is 0.396 e. The van der Waals surface area contributed by atoms with Crippen molar-refractivity contribution in [3.8, 4) is 0 Å². The molecule has 1 heterocycles. The Morgan fingerprint density at radius 3 is 2.88 bits per heavy atom. The molecule has 0 unspecified atom stereocenters. The van der Waals surface area contributed by atoms with Gasteiger partial charge in [0.15, 0.2) is 0 Å². The van der Waals surface area contributed by atoms with Crippen LogP contribution < -0.4 is 11.1 Å². The molecule has 0 aliphatic carbocycles. The third kappa shape index (κ3) is 2.57. The number of aromatic amines is 1. The van der Waals surface area contributed by atoms with Crippen LogP contribution in [0.4, 0.5) is 5.69 Å². The highest BCUT2D eigenvalue weighted by Gasteiger charge is 2.11. The fourth-order valence-electron chi connectivity index (χ4n) is 1.38. The van der Waals surface area contributed by atoms with Gasteiger partial charge in [0, 0.05) is 11.6 Å². The van der Waals surface area contributed by atoms with Crippen LogP contribution in [0.1, 0.15) is 16.1 Å². The molecular formula is C11H11ClN4O. The summed E-state index contributed by atoms with van der Waals surface area (Å²) < 4.78 is 0. The monoisotopic (exact) mass is 250 g/mol. The second-order valence-corrected chi connectivity index (χ2v) is 3.88. The summed E-state index contributed by atoms with van der Waals surface area (Å²) >= 11 is 5.97. The van der Waals surface area contributed by atoms with Crippen molar-refractivity contribution in [2.75, 3.05) is 5.73 Å². The zero-order chi connectivity index (χ0) is 12.3. The molecule has 1 aromatic carbocycles. The molecule has 0 aliphatic heterocycles. The standard InChI is InChI=1S/C11H11ClN4O/c12-8-4-2-1-3-7(8)5-14-11(17)10-9(13)6-15-16-10/h1-4,6H,5,13H2,(H,14,17)(H,15,16). The zero-order valence-corrected chi connectivity index (χ0v) is 9.66. The van der Waals surface area contributed by atoms with E-state index < -0.39 is 0 Å². The van der Waals surface area contributed by atoms with Crippen LogP contribution in [0, 0.1) is 0 Å². The summed E-state index contributed by atoms with van der Waals surface area (Å²) in [5.41, 5.74) is 6.99. The van der Waals surface area contributed by atoms with E-state index >= 15 is 0 Å². The van der Waals surface area contributed by atoms with Crippen LogP contribution >= 0.6 is 11.6 Å². The summed E-state index contributed by atoms with van der Waals surface area (Å²) in [6, 6.07) is 7.31. The highest BCUT2D eigenvalue weighted by atomic mass is 35.5. The molecule has 0 aliphatic rings. The van der Waals surface area contributed by atoms with E-state index in [9.17, 15) is 4.79 Å². The van der Waals surface area contributed by atoms with E-state index in [0.717, 1.165) is 5.56 Å². The van der Waals surface area contributed by atoms with Gasteiger partial charge in [-0.3, -0.25) is 9.89 Å². The van der Waals surface area contributed by atoms with Gasteiger partial charge in [-0.2, -0.15) is 5.10 Å². The molecule has 0 atom stereocenters. The van der Waals surface area contributed by atoms with Crippen molar-refractivity contribution in [2.24, 2.45) is 0 Å². The molecule has 0 radical (unpaired) electrons. The second kappa shape index (κ2) is 4.88. The first-order valence-corrected chi connectivity index (χ1v) is 5.36. The molecule has 1 amide bonds. The molecule has 17 heavy (non-hydrogen) atoms. The Kier molecular flexibility index (Phi) is 3.30. The van der Waals surface area contributed by atoms with Crippen molar-refractivity contribution in [2.45, 2.75) is 6.54 Å². The summed E-state index contributed by atoms with van der Waals surface area (Å²) in [6.07, 6.45) is 1.39. The molecule has 1 aromatic heterocycles. The van der Waals surface area contributed by atoms with Crippen LogP contribution in [0.5, 0.6) is 0 Å². The van der Waals surface area contributed by atoms with Crippen LogP contribution in [0.3, 0.4) is 0 Å². The Morgan fingerprint density at radius 2 is 2.24 bits per heavy atom. The number of hydrogen-bond acceptors (Lipinski definition) is 3. The van der Waals surface area contributed by atoms with Crippen LogP contribution in [0.2, 0.25) is 5.02 Å². The lowest BCUT2D eigenvalue weighted by molar-refractivity contribution is 0.0947. The molecular weight excluding hydrogens is 240 g/mol. The fraction of sp³-hybridized carbons (Fsp3) is 0.0909. The smallest absolute Gasteiger partial charge is 0.271 e. The number of halogens is 1. The van der Waals surface area contributed by atoms with E-state index in [4.69, 9.17) is 17.3 Å². The second-order valence-electron chi connectivity index (χ2n) is 3.47. The number of carbonyl (C=O) groups excluding carboxylic acids is 1. The maximum Gasteiger partial charge on any atom is 0.271 e. The molecule has 2 rings (SSSR count). The Labute approximate surface area is 103 Å². The highest BCUT2D eigenvalue weighted by molar-refractivity contribution is 6.31. The van der Waals surface area contributed by atoms with Gasteiger partial charge in [-0.15, -0.1) is 0 Å². The Balaban J connectivity index is 2.02. The number of nitrogens with zero attached hydrogens (tertiary/aromatic N) is 1. The van der Waals surface area contributed by atoms with E-state index in [1.165, 1.54) is 6.20 Å². The molecule has 4 N–H and O–H groups in total. The van der Waals surface area contributed by atoms with E-state index in [-0.39, 0.29) is 11.6 Å². The predicted octanol–water partition coefficient (Wildman–Crippen LogP) is 1.58. The molecule has 5 nitrogen and oxygen atoms in total. The third-order valence-corrected chi connectivity index (χ3v) is 2.66. The van der Waals surface area contributed by atoms with Crippen molar-refractivity contribution in [3.63, 3.8) is 0 Å². The maximum absolute atomic E-state index is 11.7. The number of anilines is 1. The van der Waals surface area contributed by atoms with E-state index in [1.807, 2.05) is 18.2 Å². The lowest BCUT2D eigenvalue weighted by atomic mass is 10.2. The summed E-state index contributed by atoms with van der Waals surface area (Å²) in [7, 11) is 0.